The Morgan fingerprint density at radius 2 is 2.00 bits per heavy atom. The Balaban J connectivity index is 1.88. The number of nitrogens with zero attached hydrogens (tertiary/aromatic N) is 5. The summed E-state index contributed by atoms with van der Waals surface area (Å²) in [5.41, 5.74) is 2.10. The van der Waals surface area contributed by atoms with E-state index in [4.69, 9.17) is 0 Å². The topological polar surface area (TPSA) is 89.3 Å². The van der Waals surface area contributed by atoms with Crippen LogP contribution in [0.3, 0.4) is 0 Å². The predicted octanol–water partition coefficient (Wildman–Crippen LogP) is 2.61. The lowest BCUT2D eigenvalue weighted by Crippen LogP contribution is -2.14. The van der Waals surface area contributed by atoms with Crippen molar-refractivity contribution in [2.24, 2.45) is 0 Å². The highest BCUT2D eigenvalue weighted by Gasteiger charge is 2.13. The highest BCUT2D eigenvalue weighted by Crippen LogP contribution is 2.23. The van der Waals surface area contributed by atoms with Gasteiger partial charge in [-0.15, -0.1) is 5.10 Å². The van der Waals surface area contributed by atoms with Crippen molar-refractivity contribution >= 4 is 11.8 Å². The van der Waals surface area contributed by atoms with Crippen LogP contribution in [0.1, 0.15) is 31.3 Å². The molecular formula is C16H18N6OS. The van der Waals surface area contributed by atoms with E-state index in [0.717, 1.165) is 11.4 Å². The number of nitrogens with one attached hydrogen (secondary N) is 1. The summed E-state index contributed by atoms with van der Waals surface area (Å²) in [6, 6.07) is 9.88. The molecule has 0 fully saturated rings. The first-order chi connectivity index (χ1) is 11.6. The SMILES string of the molecule is Cc1c(-c2ccccc2)nc(SCc2nnnn2C(C)C)[nH]c1=O. The average molecular weight is 342 g/mol. The normalized spacial score (nSPS) is 11.2. The zero-order valence-electron chi connectivity index (χ0n) is 13.7. The Bertz CT molecular complexity index is 887. The van der Waals surface area contributed by atoms with E-state index in [0.29, 0.717) is 22.2 Å². The van der Waals surface area contributed by atoms with Crippen molar-refractivity contribution in [3.63, 3.8) is 0 Å². The number of H-pyrrole nitrogens is 1. The molecule has 0 spiro atoms. The van der Waals surface area contributed by atoms with E-state index < -0.39 is 0 Å². The molecule has 7 nitrogen and oxygen atoms in total. The standard InChI is InChI=1S/C16H18N6OS/c1-10(2)22-13(19-20-21-22)9-24-16-17-14(11(3)15(23)18-16)12-7-5-4-6-8-12/h4-8,10H,9H2,1-3H3,(H,17,18,23). The molecule has 0 unspecified atom stereocenters. The van der Waals surface area contributed by atoms with E-state index in [1.54, 1.807) is 11.6 Å². The molecule has 0 aliphatic carbocycles. The molecule has 0 saturated heterocycles. The zero-order valence-corrected chi connectivity index (χ0v) is 14.5. The van der Waals surface area contributed by atoms with Gasteiger partial charge in [-0.25, -0.2) is 9.67 Å². The van der Waals surface area contributed by atoms with Crippen LogP contribution < -0.4 is 5.56 Å². The number of benzene rings is 1. The Kier molecular flexibility index (Phi) is 4.75. The third-order valence-electron chi connectivity index (χ3n) is 3.56. The minimum Gasteiger partial charge on any atom is -0.301 e. The molecule has 1 aromatic carbocycles. The van der Waals surface area contributed by atoms with Crippen LogP contribution in [-0.2, 0) is 5.75 Å². The summed E-state index contributed by atoms with van der Waals surface area (Å²) in [5.74, 6) is 1.28. The molecular weight excluding hydrogens is 324 g/mol. The molecule has 0 radical (unpaired) electrons. The second-order valence-corrected chi connectivity index (χ2v) is 6.60. The summed E-state index contributed by atoms with van der Waals surface area (Å²) < 4.78 is 1.76. The van der Waals surface area contributed by atoms with Crippen molar-refractivity contribution in [3.05, 3.63) is 52.1 Å². The minimum atomic E-state index is -0.130. The zero-order chi connectivity index (χ0) is 17.1. The number of tetrazole rings is 1. The predicted molar refractivity (Wildman–Crippen MR) is 92.8 cm³/mol. The molecule has 0 saturated carbocycles. The largest absolute Gasteiger partial charge is 0.301 e. The van der Waals surface area contributed by atoms with Crippen LogP contribution in [0.5, 0.6) is 0 Å². The Morgan fingerprint density at radius 3 is 2.71 bits per heavy atom. The summed E-state index contributed by atoms with van der Waals surface area (Å²) >= 11 is 1.41. The van der Waals surface area contributed by atoms with Gasteiger partial charge in [-0.3, -0.25) is 4.79 Å². The molecule has 0 aliphatic rings. The highest BCUT2D eigenvalue weighted by atomic mass is 32.2. The van der Waals surface area contributed by atoms with E-state index in [2.05, 4.69) is 25.5 Å². The number of hydrogen-bond acceptors (Lipinski definition) is 6. The lowest BCUT2D eigenvalue weighted by Gasteiger charge is -2.09. The summed E-state index contributed by atoms with van der Waals surface area (Å²) in [7, 11) is 0. The van der Waals surface area contributed by atoms with Crippen LogP contribution in [0.25, 0.3) is 11.3 Å². The van der Waals surface area contributed by atoms with Gasteiger partial charge in [0.1, 0.15) is 0 Å². The average Bonchev–Trinajstić information content (AvgIpc) is 3.05. The Hall–Kier alpha value is -2.48. The molecule has 124 valence electrons. The number of aromatic amines is 1. The maximum Gasteiger partial charge on any atom is 0.255 e. The summed E-state index contributed by atoms with van der Waals surface area (Å²) in [5, 5.41) is 12.3. The van der Waals surface area contributed by atoms with Crippen LogP contribution in [0.2, 0.25) is 0 Å². The molecule has 0 atom stereocenters. The summed E-state index contributed by atoms with van der Waals surface area (Å²) in [6.45, 7) is 5.82. The maximum atomic E-state index is 12.2. The van der Waals surface area contributed by atoms with Crippen LogP contribution in [0.15, 0.2) is 40.3 Å². The monoisotopic (exact) mass is 342 g/mol. The van der Waals surface area contributed by atoms with E-state index >= 15 is 0 Å². The van der Waals surface area contributed by atoms with E-state index in [9.17, 15) is 4.79 Å². The minimum absolute atomic E-state index is 0.130. The third-order valence-corrected chi connectivity index (χ3v) is 4.43. The third kappa shape index (κ3) is 3.38. The smallest absolute Gasteiger partial charge is 0.255 e. The first-order valence-corrected chi connectivity index (χ1v) is 8.60. The second-order valence-electron chi connectivity index (χ2n) is 5.63. The van der Waals surface area contributed by atoms with Gasteiger partial charge < -0.3 is 4.98 Å². The number of hydrogen-bond donors (Lipinski definition) is 1. The maximum absolute atomic E-state index is 12.2. The molecule has 8 heteroatoms. The quantitative estimate of drug-likeness (QED) is 0.566. The van der Waals surface area contributed by atoms with Gasteiger partial charge in [0.2, 0.25) is 0 Å². The van der Waals surface area contributed by atoms with Crippen molar-refractivity contribution < 1.29 is 0 Å². The highest BCUT2D eigenvalue weighted by molar-refractivity contribution is 7.98. The first-order valence-electron chi connectivity index (χ1n) is 7.62. The Labute approximate surface area is 143 Å². The number of thioether (sulfide) groups is 1. The Morgan fingerprint density at radius 1 is 1.25 bits per heavy atom. The van der Waals surface area contributed by atoms with Gasteiger partial charge in [0, 0.05) is 11.1 Å². The lowest BCUT2D eigenvalue weighted by molar-refractivity contribution is 0.501. The van der Waals surface area contributed by atoms with Crippen molar-refractivity contribution in [2.45, 2.75) is 37.7 Å². The molecule has 1 N–H and O–H groups in total. The van der Waals surface area contributed by atoms with E-state index in [1.807, 2.05) is 44.2 Å². The van der Waals surface area contributed by atoms with Gasteiger partial charge in [-0.1, -0.05) is 42.1 Å². The van der Waals surface area contributed by atoms with E-state index in [-0.39, 0.29) is 11.6 Å². The molecule has 3 aromatic rings. The number of rotatable bonds is 5. The van der Waals surface area contributed by atoms with Gasteiger partial charge in [0.05, 0.1) is 17.5 Å². The molecule has 0 aliphatic heterocycles. The van der Waals surface area contributed by atoms with Crippen LogP contribution >= 0.6 is 11.8 Å². The van der Waals surface area contributed by atoms with Crippen LogP contribution in [-0.4, -0.2) is 30.2 Å². The van der Waals surface area contributed by atoms with Crippen molar-refractivity contribution in [2.75, 3.05) is 0 Å². The molecule has 3 rings (SSSR count). The molecule has 0 bridgehead atoms. The van der Waals surface area contributed by atoms with Gasteiger partial charge in [0.15, 0.2) is 11.0 Å². The van der Waals surface area contributed by atoms with Gasteiger partial charge in [0.25, 0.3) is 5.56 Å². The van der Waals surface area contributed by atoms with Crippen molar-refractivity contribution in [3.8, 4) is 11.3 Å². The van der Waals surface area contributed by atoms with Crippen LogP contribution in [0, 0.1) is 6.92 Å². The fraction of sp³-hybridized carbons (Fsp3) is 0.312. The fourth-order valence-electron chi connectivity index (χ4n) is 2.30. The summed E-state index contributed by atoms with van der Waals surface area (Å²) in [6.07, 6.45) is 0. The summed E-state index contributed by atoms with van der Waals surface area (Å²) in [4.78, 5) is 19.6. The molecule has 0 amide bonds. The van der Waals surface area contributed by atoms with Crippen molar-refractivity contribution in [1.82, 2.24) is 30.2 Å². The second kappa shape index (κ2) is 6.96. The van der Waals surface area contributed by atoms with Crippen molar-refractivity contribution in [1.29, 1.82) is 0 Å². The first kappa shape index (κ1) is 16.4. The molecule has 24 heavy (non-hydrogen) atoms. The molecule has 2 heterocycles. The number of aromatic nitrogens is 6. The molecule has 2 aromatic heterocycles. The van der Waals surface area contributed by atoms with Gasteiger partial charge in [-0.05, 0) is 31.2 Å². The fourth-order valence-corrected chi connectivity index (χ4v) is 3.08. The van der Waals surface area contributed by atoms with Crippen LogP contribution in [0.4, 0.5) is 0 Å². The van der Waals surface area contributed by atoms with E-state index in [1.165, 1.54) is 11.8 Å². The van der Waals surface area contributed by atoms with Gasteiger partial charge >= 0.3 is 0 Å². The lowest BCUT2D eigenvalue weighted by atomic mass is 10.1. The van der Waals surface area contributed by atoms with Gasteiger partial charge in [-0.2, -0.15) is 0 Å².